The van der Waals surface area contributed by atoms with Crippen LogP contribution in [0.5, 0.6) is 0 Å². The monoisotopic (exact) mass is 315 g/mol. The highest BCUT2D eigenvalue weighted by atomic mass is 14.9. The van der Waals surface area contributed by atoms with Gasteiger partial charge >= 0.3 is 0 Å². The average Bonchev–Trinajstić information content (AvgIpc) is 2.46. The number of allylic oxidation sites excluding steroid dienone is 5. The molecule has 1 heteroatoms. The first-order valence-corrected chi connectivity index (χ1v) is 8.81. The molecular weight excluding hydrogens is 278 g/mol. The maximum Gasteiger partial charge on any atom is 0.0288 e. The van der Waals surface area contributed by atoms with E-state index in [9.17, 15) is 0 Å². The zero-order valence-corrected chi connectivity index (χ0v) is 16.3. The Morgan fingerprint density at radius 2 is 1.65 bits per heavy atom. The third kappa shape index (κ3) is 9.40. The lowest BCUT2D eigenvalue weighted by molar-refractivity contribution is 0.510. The van der Waals surface area contributed by atoms with Gasteiger partial charge in [0, 0.05) is 12.1 Å². The quantitative estimate of drug-likeness (QED) is 0.471. The van der Waals surface area contributed by atoms with Gasteiger partial charge < -0.3 is 5.32 Å². The van der Waals surface area contributed by atoms with E-state index in [2.05, 4.69) is 91.2 Å². The van der Waals surface area contributed by atoms with Crippen LogP contribution in [0.25, 0.3) is 0 Å². The first-order chi connectivity index (χ1) is 10.7. The van der Waals surface area contributed by atoms with E-state index >= 15 is 0 Å². The minimum Gasteiger partial charge on any atom is -0.307 e. The molecule has 0 radical (unpaired) electrons. The Balaban J connectivity index is 4.49. The Kier molecular flexibility index (Phi) is 10.6. The van der Waals surface area contributed by atoms with Crippen LogP contribution in [0.3, 0.4) is 0 Å². The number of hydrogen-bond donors (Lipinski definition) is 1. The topological polar surface area (TPSA) is 12.0 Å². The van der Waals surface area contributed by atoms with Crippen molar-refractivity contribution in [3.05, 3.63) is 60.3 Å². The van der Waals surface area contributed by atoms with Gasteiger partial charge in [0.05, 0.1) is 0 Å². The van der Waals surface area contributed by atoms with Crippen molar-refractivity contribution in [2.75, 3.05) is 0 Å². The summed E-state index contributed by atoms with van der Waals surface area (Å²) in [4.78, 5) is 0. The molecule has 2 atom stereocenters. The van der Waals surface area contributed by atoms with Crippen LogP contribution >= 0.6 is 0 Å². The third-order valence-corrected chi connectivity index (χ3v) is 4.28. The molecule has 0 amide bonds. The minimum absolute atomic E-state index is 0.272. The van der Waals surface area contributed by atoms with E-state index < -0.39 is 0 Å². The third-order valence-electron chi connectivity index (χ3n) is 4.28. The Hall–Kier alpha value is -1.34. The van der Waals surface area contributed by atoms with Gasteiger partial charge in [-0.2, -0.15) is 0 Å². The molecule has 0 aliphatic heterocycles. The predicted molar refractivity (Wildman–Crippen MR) is 107 cm³/mol. The van der Waals surface area contributed by atoms with Crippen molar-refractivity contribution in [2.45, 2.75) is 67.0 Å². The van der Waals surface area contributed by atoms with Crippen molar-refractivity contribution in [1.82, 2.24) is 5.32 Å². The van der Waals surface area contributed by atoms with Gasteiger partial charge in [-0.3, -0.25) is 0 Å². The van der Waals surface area contributed by atoms with E-state index in [1.54, 1.807) is 0 Å². The summed E-state index contributed by atoms with van der Waals surface area (Å²) in [6.45, 7) is 23.4. The Bertz CT molecular complexity index is 460. The number of hydrogen-bond acceptors (Lipinski definition) is 1. The van der Waals surface area contributed by atoms with Gasteiger partial charge in [0.15, 0.2) is 0 Å². The Labute approximate surface area is 145 Å². The predicted octanol–water partition coefficient (Wildman–Crippen LogP) is 6.23. The molecule has 0 fully saturated rings. The normalized spacial score (nSPS) is 16.2. The fourth-order valence-electron chi connectivity index (χ4n) is 2.13. The van der Waals surface area contributed by atoms with Crippen molar-refractivity contribution < 1.29 is 0 Å². The zero-order valence-electron chi connectivity index (χ0n) is 16.3. The van der Waals surface area contributed by atoms with Gasteiger partial charge in [-0.25, -0.2) is 0 Å². The van der Waals surface area contributed by atoms with Crippen LogP contribution in [0.4, 0.5) is 0 Å². The first-order valence-electron chi connectivity index (χ1n) is 8.81. The van der Waals surface area contributed by atoms with Gasteiger partial charge in [-0.05, 0) is 50.2 Å². The van der Waals surface area contributed by atoms with Crippen LogP contribution in [0.2, 0.25) is 0 Å². The summed E-state index contributed by atoms with van der Waals surface area (Å²) in [5.74, 6) is 1.13. The van der Waals surface area contributed by atoms with Crippen molar-refractivity contribution in [3.63, 3.8) is 0 Å². The molecular formula is C22H37N. The lowest BCUT2D eigenvalue weighted by atomic mass is 10.0. The minimum atomic E-state index is 0.272. The van der Waals surface area contributed by atoms with Crippen molar-refractivity contribution in [3.8, 4) is 0 Å². The lowest BCUT2D eigenvalue weighted by Crippen LogP contribution is -2.34. The van der Waals surface area contributed by atoms with Gasteiger partial charge in [0.1, 0.15) is 0 Å². The smallest absolute Gasteiger partial charge is 0.0288 e. The molecule has 0 saturated heterocycles. The molecule has 0 aliphatic rings. The number of rotatable bonds is 10. The molecule has 0 heterocycles. The van der Waals surface area contributed by atoms with E-state index in [1.165, 1.54) is 11.1 Å². The fourth-order valence-corrected chi connectivity index (χ4v) is 2.13. The average molecular weight is 316 g/mol. The van der Waals surface area contributed by atoms with E-state index in [1.807, 2.05) is 6.08 Å². The molecule has 0 aromatic heterocycles. The molecule has 23 heavy (non-hydrogen) atoms. The van der Waals surface area contributed by atoms with Crippen molar-refractivity contribution >= 4 is 0 Å². The summed E-state index contributed by atoms with van der Waals surface area (Å²) in [6, 6.07) is 0.686. The molecule has 1 nitrogen and oxygen atoms in total. The zero-order chi connectivity index (χ0) is 18.0. The molecule has 0 spiro atoms. The Morgan fingerprint density at radius 1 is 1.04 bits per heavy atom. The SMILES string of the molecule is C=C/C(=C\CC(C)NC(C)C(=C)/C=C\C=C(/C)C(C)C)C(C)C. The summed E-state index contributed by atoms with van der Waals surface area (Å²) in [6.07, 6.45) is 11.6. The van der Waals surface area contributed by atoms with Crippen LogP contribution in [0, 0.1) is 11.8 Å². The standard InChI is InChI=1S/C22H37N/c1-10-22(17(4)5)15-14-20(8)23-21(9)19(7)13-11-12-18(6)16(2)3/h10-13,15-17,20-21,23H,1,7,14H2,2-6,8-9H3/b13-11-,18-12+,22-15+. The van der Waals surface area contributed by atoms with Gasteiger partial charge in [0.2, 0.25) is 0 Å². The summed E-state index contributed by atoms with van der Waals surface area (Å²) < 4.78 is 0. The van der Waals surface area contributed by atoms with Crippen LogP contribution in [0.15, 0.2) is 60.3 Å². The Morgan fingerprint density at radius 3 is 2.13 bits per heavy atom. The molecule has 0 aromatic rings. The molecule has 130 valence electrons. The maximum atomic E-state index is 4.18. The van der Waals surface area contributed by atoms with Crippen molar-refractivity contribution in [2.24, 2.45) is 11.8 Å². The van der Waals surface area contributed by atoms with Crippen LogP contribution in [-0.2, 0) is 0 Å². The fraction of sp³-hybridized carbons (Fsp3) is 0.545. The molecule has 0 bridgehead atoms. The molecule has 0 aromatic carbocycles. The molecule has 1 N–H and O–H groups in total. The van der Waals surface area contributed by atoms with E-state index in [4.69, 9.17) is 0 Å². The van der Waals surface area contributed by atoms with E-state index in [0.29, 0.717) is 17.9 Å². The largest absolute Gasteiger partial charge is 0.307 e. The second-order valence-electron chi connectivity index (χ2n) is 7.09. The molecule has 0 rings (SSSR count). The number of nitrogens with one attached hydrogen (secondary N) is 1. The van der Waals surface area contributed by atoms with Crippen LogP contribution in [0.1, 0.15) is 54.9 Å². The summed E-state index contributed by atoms with van der Waals surface area (Å²) in [5.41, 5.74) is 3.82. The maximum absolute atomic E-state index is 4.18. The molecule has 0 saturated carbocycles. The highest BCUT2D eigenvalue weighted by Crippen LogP contribution is 2.13. The van der Waals surface area contributed by atoms with Gasteiger partial charge in [-0.1, -0.05) is 76.8 Å². The van der Waals surface area contributed by atoms with E-state index in [-0.39, 0.29) is 6.04 Å². The first kappa shape index (κ1) is 21.7. The van der Waals surface area contributed by atoms with Gasteiger partial charge in [-0.15, -0.1) is 0 Å². The summed E-state index contributed by atoms with van der Waals surface area (Å²) in [5, 5.41) is 3.61. The summed E-state index contributed by atoms with van der Waals surface area (Å²) in [7, 11) is 0. The molecule has 2 unspecified atom stereocenters. The highest BCUT2D eigenvalue weighted by Gasteiger charge is 2.08. The highest BCUT2D eigenvalue weighted by molar-refractivity contribution is 5.25. The summed E-state index contributed by atoms with van der Waals surface area (Å²) >= 11 is 0. The van der Waals surface area contributed by atoms with Crippen molar-refractivity contribution in [1.29, 1.82) is 0 Å². The molecule has 0 aliphatic carbocycles. The van der Waals surface area contributed by atoms with E-state index in [0.717, 1.165) is 12.0 Å². The lowest BCUT2D eigenvalue weighted by Gasteiger charge is -2.20. The van der Waals surface area contributed by atoms with Crippen LogP contribution in [-0.4, -0.2) is 12.1 Å². The second kappa shape index (κ2) is 11.2. The second-order valence-corrected chi connectivity index (χ2v) is 7.09. The van der Waals surface area contributed by atoms with Crippen LogP contribution < -0.4 is 5.32 Å². The van der Waals surface area contributed by atoms with Gasteiger partial charge in [0.25, 0.3) is 0 Å².